The Hall–Kier alpha value is -1.91. The number of halogens is 1. The Kier molecular flexibility index (Phi) is 5.26. The van der Waals surface area contributed by atoms with Gasteiger partial charge in [-0.25, -0.2) is 4.98 Å². The number of Topliss-reactive ketones (excluding diaryl/α,β-unsaturated/α-hetero) is 1. The van der Waals surface area contributed by atoms with Crippen LogP contribution in [0.3, 0.4) is 0 Å². The molecule has 0 unspecified atom stereocenters. The fourth-order valence-corrected chi connectivity index (χ4v) is 3.06. The van der Waals surface area contributed by atoms with Gasteiger partial charge in [-0.05, 0) is 24.3 Å². The van der Waals surface area contributed by atoms with E-state index in [0.717, 1.165) is 38.5 Å². The molecule has 0 radical (unpaired) electrons. The number of carbonyl (C=O) groups excluding carboxylic acids is 1. The van der Waals surface area contributed by atoms with E-state index in [-0.39, 0.29) is 5.78 Å². The van der Waals surface area contributed by atoms with Gasteiger partial charge in [0.2, 0.25) is 0 Å². The highest BCUT2D eigenvalue weighted by Crippen LogP contribution is 2.17. The molecule has 0 spiro atoms. The van der Waals surface area contributed by atoms with Gasteiger partial charge < -0.3 is 4.90 Å². The van der Waals surface area contributed by atoms with Gasteiger partial charge in [0.05, 0.1) is 5.02 Å². The van der Waals surface area contributed by atoms with Crippen molar-refractivity contribution in [2.24, 2.45) is 0 Å². The lowest BCUT2D eigenvalue weighted by Gasteiger charge is -2.35. The molecular formula is C18H20ClN3O. The lowest BCUT2D eigenvalue weighted by atomic mass is 10.1. The normalized spacial score (nSPS) is 15.6. The molecule has 1 aromatic heterocycles. The monoisotopic (exact) mass is 329 g/mol. The van der Waals surface area contributed by atoms with E-state index in [1.165, 1.54) is 0 Å². The first-order valence-corrected chi connectivity index (χ1v) is 8.28. The van der Waals surface area contributed by atoms with Crippen LogP contribution in [0.25, 0.3) is 0 Å². The van der Waals surface area contributed by atoms with Crippen LogP contribution in [0.15, 0.2) is 48.7 Å². The molecule has 120 valence electrons. The third-order valence-electron chi connectivity index (χ3n) is 4.17. The van der Waals surface area contributed by atoms with Crippen LogP contribution in [0, 0.1) is 0 Å². The van der Waals surface area contributed by atoms with Crippen LogP contribution in [-0.4, -0.2) is 48.4 Å². The number of piperazine rings is 1. The Morgan fingerprint density at radius 2 is 1.78 bits per heavy atom. The molecule has 0 amide bonds. The topological polar surface area (TPSA) is 36.4 Å². The van der Waals surface area contributed by atoms with E-state index >= 15 is 0 Å². The van der Waals surface area contributed by atoms with E-state index in [0.29, 0.717) is 17.0 Å². The highest BCUT2D eigenvalue weighted by Gasteiger charge is 2.19. The van der Waals surface area contributed by atoms with Crippen molar-refractivity contribution in [2.45, 2.75) is 6.42 Å². The van der Waals surface area contributed by atoms with Gasteiger partial charge >= 0.3 is 0 Å². The molecule has 1 aliphatic heterocycles. The third kappa shape index (κ3) is 4.09. The van der Waals surface area contributed by atoms with E-state index in [1.54, 1.807) is 12.1 Å². The van der Waals surface area contributed by atoms with Crippen LogP contribution in [0.5, 0.6) is 0 Å². The minimum absolute atomic E-state index is 0.114. The molecule has 1 saturated heterocycles. The van der Waals surface area contributed by atoms with Crippen molar-refractivity contribution in [3.8, 4) is 0 Å². The van der Waals surface area contributed by atoms with Crippen molar-refractivity contribution in [3.05, 3.63) is 59.2 Å². The summed E-state index contributed by atoms with van der Waals surface area (Å²) in [5, 5.41) is 0.539. The zero-order chi connectivity index (χ0) is 16.1. The largest absolute Gasteiger partial charge is 0.354 e. The lowest BCUT2D eigenvalue weighted by Crippen LogP contribution is -2.47. The highest BCUT2D eigenvalue weighted by molar-refractivity contribution is 6.33. The summed E-state index contributed by atoms with van der Waals surface area (Å²) in [4.78, 5) is 21.3. The number of rotatable bonds is 5. The average molecular weight is 330 g/mol. The van der Waals surface area contributed by atoms with Crippen molar-refractivity contribution in [3.63, 3.8) is 0 Å². The number of pyridine rings is 1. The van der Waals surface area contributed by atoms with Crippen molar-refractivity contribution < 1.29 is 4.79 Å². The summed E-state index contributed by atoms with van der Waals surface area (Å²) in [6, 6.07) is 13.2. The molecule has 2 aromatic rings. The van der Waals surface area contributed by atoms with Crippen LogP contribution in [0.2, 0.25) is 5.02 Å². The van der Waals surface area contributed by atoms with Crippen LogP contribution >= 0.6 is 11.6 Å². The summed E-state index contributed by atoms with van der Waals surface area (Å²) >= 11 is 6.08. The molecule has 3 rings (SSSR count). The molecular weight excluding hydrogens is 310 g/mol. The zero-order valence-electron chi connectivity index (χ0n) is 13.0. The molecule has 4 nitrogen and oxygen atoms in total. The van der Waals surface area contributed by atoms with Crippen molar-refractivity contribution in [1.82, 2.24) is 9.88 Å². The van der Waals surface area contributed by atoms with E-state index in [9.17, 15) is 4.79 Å². The molecule has 1 aromatic carbocycles. The minimum atomic E-state index is 0.114. The smallest absolute Gasteiger partial charge is 0.165 e. The second-order valence-electron chi connectivity index (χ2n) is 5.67. The Morgan fingerprint density at radius 3 is 2.48 bits per heavy atom. The van der Waals surface area contributed by atoms with Gasteiger partial charge in [0.1, 0.15) is 5.82 Å². The van der Waals surface area contributed by atoms with Gasteiger partial charge in [0, 0.05) is 50.9 Å². The Morgan fingerprint density at radius 1 is 1.04 bits per heavy atom. The van der Waals surface area contributed by atoms with Crippen molar-refractivity contribution in [2.75, 3.05) is 37.6 Å². The maximum absolute atomic E-state index is 12.3. The summed E-state index contributed by atoms with van der Waals surface area (Å²) in [7, 11) is 0. The number of benzene rings is 1. The predicted molar refractivity (Wildman–Crippen MR) is 93.3 cm³/mol. The Bertz CT molecular complexity index is 654. The molecule has 0 atom stereocenters. The Labute approximate surface area is 141 Å². The SMILES string of the molecule is O=C(CCN1CCN(c2ccccn2)CC1)c1ccccc1Cl. The fraction of sp³-hybridized carbons (Fsp3) is 0.333. The Balaban J connectivity index is 1.48. The molecule has 1 fully saturated rings. The number of ketones is 1. The van der Waals surface area contributed by atoms with E-state index in [2.05, 4.69) is 14.8 Å². The molecule has 0 N–H and O–H groups in total. The van der Waals surface area contributed by atoms with Crippen LogP contribution in [0.4, 0.5) is 5.82 Å². The standard InChI is InChI=1S/C18H20ClN3O/c19-16-6-2-1-5-15(16)17(23)8-10-21-11-13-22(14-12-21)18-7-3-4-9-20-18/h1-7,9H,8,10-14H2. The van der Waals surface area contributed by atoms with Crippen LogP contribution in [-0.2, 0) is 0 Å². The van der Waals surface area contributed by atoms with E-state index in [1.807, 2.05) is 36.5 Å². The van der Waals surface area contributed by atoms with Gasteiger partial charge in [-0.2, -0.15) is 0 Å². The number of aromatic nitrogens is 1. The van der Waals surface area contributed by atoms with Crippen molar-refractivity contribution in [1.29, 1.82) is 0 Å². The second-order valence-corrected chi connectivity index (χ2v) is 6.08. The summed E-state index contributed by atoms with van der Waals surface area (Å²) in [5.74, 6) is 1.14. The summed E-state index contributed by atoms with van der Waals surface area (Å²) < 4.78 is 0. The van der Waals surface area contributed by atoms with Crippen LogP contribution in [0.1, 0.15) is 16.8 Å². The van der Waals surface area contributed by atoms with Crippen molar-refractivity contribution >= 4 is 23.2 Å². The summed E-state index contributed by atoms with van der Waals surface area (Å²) in [5.41, 5.74) is 0.626. The second kappa shape index (κ2) is 7.57. The van der Waals surface area contributed by atoms with Gasteiger partial charge in [-0.15, -0.1) is 0 Å². The number of hydrogen-bond donors (Lipinski definition) is 0. The number of hydrogen-bond acceptors (Lipinski definition) is 4. The van der Waals surface area contributed by atoms with E-state index in [4.69, 9.17) is 11.6 Å². The molecule has 0 bridgehead atoms. The number of nitrogens with zero attached hydrogens (tertiary/aromatic N) is 3. The minimum Gasteiger partial charge on any atom is -0.354 e. The first-order chi connectivity index (χ1) is 11.2. The summed E-state index contributed by atoms with van der Waals surface area (Å²) in [6.45, 7) is 4.56. The summed E-state index contributed by atoms with van der Waals surface area (Å²) in [6.07, 6.45) is 2.33. The van der Waals surface area contributed by atoms with Gasteiger partial charge in [0.15, 0.2) is 5.78 Å². The molecule has 2 heterocycles. The quantitative estimate of drug-likeness (QED) is 0.790. The average Bonchev–Trinajstić information content (AvgIpc) is 2.61. The third-order valence-corrected chi connectivity index (χ3v) is 4.50. The first-order valence-electron chi connectivity index (χ1n) is 7.90. The molecule has 1 aliphatic rings. The molecule has 5 heteroatoms. The number of anilines is 1. The number of carbonyl (C=O) groups is 1. The van der Waals surface area contributed by atoms with E-state index < -0.39 is 0 Å². The van der Waals surface area contributed by atoms with Gasteiger partial charge in [-0.1, -0.05) is 29.8 Å². The molecule has 23 heavy (non-hydrogen) atoms. The predicted octanol–water partition coefficient (Wildman–Crippen LogP) is 3.13. The highest BCUT2D eigenvalue weighted by atomic mass is 35.5. The van der Waals surface area contributed by atoms with Gasteiger partial charge in [-0.3, -0.25) is 9.69 Å². The maximum atomic E-state index is 12.3. The molecule has 0 aliphatic carbocycles. The molecule has 0 saturated carbocycles. The fourth-order valence-electron chi connectivity index (χ4n) is 2.82. The van der Waals surface area contributed by atoms with Crippen LogP contribution < -0.4 is 4.90 Å². The maximum Gasteiger partial charge on any atom is 0.165 e. The lowest BCUT2D eigenvalue weighted by molar-refractivity contribution is 0.0962. The van der Waals surface area contributed by atoms with Gasteiger partial charge in [0.25, 0.3) is 0 Å². The first kappa shape index (κ1) is 16.0. The zero-order valence-corrected chi connectivity index (χ0v) is 13.7.